The smallest absolute Gasteiger partial charge is 0.339 e. The van der Waals surface area contributed by atoms with Crippen molar-refractivity contribution in [3.05, 3.63) is 48.0 Å². The van der Waals surface area contributed by atoms with E-state index in [0.717, 1.165) is 0 Å². The van der Waals surface area contributed by atoms with Crippen LogP contribution in [0.4, 0.5) is 11.4 Å². The molecule has 2 aliphatic rings. The van der Waals surface area contributed by atoms with Crippen molar-refractivity contribution in [2.45, 2.75) is 6.42 Å². The van der Waals surface area contributed by atoms with Gasteiger partial charge in [0.05, 0.1) is 24.3 Å². The third-order valence-electron chi connectivity index (χ3n) is 4.91. The van der Waals surface area contributed by atoms with E-state index >= 15 is 0 Å². The number of nitrogens with zero attached hydrogens (tertiary/aromatic N) is 1. The minimum absolute atomic E-state index is 0.0614. The van der Waals surface area contributed by atoms with E-state index in [9.17, 15) is 14.4 Å². The van der Waals surface area contributed by atoms with Gasteiger partial charge in [-0.25, -0.2) is 4.79 Å². The van der Waals surface area contributed by atoms with Gasteiger partial charge in [-0.1, -0.05) is 12.1 Å². The van der Waals surface area contributed by atoms with Crippen LogP contribution in [0, 0.1) is 5.92 Å². The van der Waals surface area contributed by atoms with Gasteiger partial charge in [-0.2, -0.15) is 0 Å². The molecule has 2 aromatic rings. The molecule has 0 aliphatic carbocycles. The molecule has 1 unspecified atom stereocenters. The van der Waals surface area contributed by atoms with E-state index in [1.165, 1.54) is 12.0 Å². The van der Waals surface area contributed by atoms with Crippen molar-refractivity contribution in [3.63, 3.8) is 0 Å². The molecule has 29 heavy (non-hydrogen) atoms. The second-order valence-electron chi connectivity index (χ2n) is 6.76. The Hall–Kier alpha value is -3.55. The maximum atomic E-state index is 12.7. The molecule has 2 amide bonds. The fourth-order valence-corrected chi connectivity index (χ4v) is 3.47. The summed E-state index contributed by atoms with van der Waals surface area (Å²) in [6.45, 7) is 1.13. The molecule has 0 spiro atoms. The zero-order chi connectivity index (χ0) is 20.4. The summed E-state index contributed by atoms with van der Waals surface area (Å²) >= 11 is 0. The summed E-state index contributed by atoms with van der Waals surface area (Å²) in [6.07, 6.45) is 0.0614. The van der Waals surface area contributed by atoms with E-state index in [-0.39, 0.29) is 30.3 Å². The van der Waals surface area contributed by atoms with Gasteiger partial charge in [0, 0.05) is 24.7 Å². The van der Waals surface area contributed by atoms with Crippen LogP contribution in [0.3, 0.4) is 0 Å². The zero-order valence-corrected chi connectivity index (χ0v) is 15.8. The number of carbonyl (C=O) groups excluding carboxylic acids is 3. The van der Waals surface area contributed by atoms with Crippen LogP contribution < -0.4 is 19.7 Å². The normalized spacial score (nSPS) is 17.8. The average Bonchev–Trinajstić information content (AvgIpc) is 3.14. The Morgan fingerprint density at radius 2 is 1.86 bits per heavy atom. The van der Waals surface area contributed by atoms with E-state index in [1.54, 1.807) is 42.5 Å². The highest BCUT2D eigenvalue weighted by Crippen LogP contribution is 2.33. The Morgan fingerprint density at radius 1 is 1.10 bits per heavy atom. The van der Waals surface area contributed by atoms with E-state index in [1.807, 2.05) is 0 Å². The number of methoxy groups -OCH3 is 1. The number of fused-ring (bicyclic) bond motifs is 1. The molecule has 2 aromatic carbocycles. The molecule has 0 radical (unpaired) electrons. The quantitative estimate of drug-likeness (QED) is 0.797. The van der Waals surface area contributed by atoms with Crippen LogP contribution in [0.1, 0.15) is 16.8 Å². The molecule has 1 atom stereocenters. The maximum Gasteiger partial charge on any atom is 0.339 e. The van der Waals surface area contributed by atoms with E-state index in [0.29, 0.717) is 36.1 Å². The average molecular weight is 396 g/mol. The molecule has 1 N–H and O–H groups in total. The summed E-state index contributed by atoms with van der Waals surface area (Å²) in [7, 11) is 1.29. The third kappa shape index (κ3) is 3.73. The third-order valence-corrected chi connectivity index (χ3v) is 4.91. The molecule has 1 saturated heterocycles. The molecular formula is C21H20N2O6. The zero-order valence-electron chi connectivity index (χ0n) is 15.8. The molecule has 1 fully saturated rings. The first-order valence-electron chi connectivity index (χ1n) is 9.25. The number of rotatable bonds is 4. The Balaban J connectivity index is 1.48. The molecule has 2 aliphatic heterocycles. The first-order valence-corrected chi connectivity index (χ1v) is 9.25. The molecule has 2 heterocycles. The molecule has 8 heteroatoms. The first-order chi connectivity index (χ1) is 14.1. The largest absolute Gasteiger partial charge is 0.486 e. The maximum absolute atomic E-state index is 12.7. The van der Waals surface area contributed by atoms with Crippen molar-refractivity contribution in [2.24, 2.45) is 5.92 Å². The number of amides is 2. The van der Waals surface area contributed by atoms with Gasteiger partial charge < -0.3 is 24.4 Å². The second kappa shape index (κ2) is 7.83. The summed E-state index contributed by atoms with van der Waals surface area (Å²) in [5, 5.41) is 2.83. The summed E-state index contributed by atoms with van der Waals surface area (Å²) in [5.74, 6) is -0.350. The number of hydrogen-bond acceptors (Lipinski definition) is 6. The summed E-state index contributed by atoms with van der Waals surface area (Å²) in [5.41, 5.74) is 1.30. The highest BCUT2D eigenvalue weighted by atomic mass is 16.6. The van der Waals surface area contributed by atoms with Crippen molar-refractivity contribution < 1.29 is 28.6 Å². The van der Waals surface area contributed by atoms with Crippen LogP contribution in [-0.4, -0.2) is 44.7 Å². The van der Waals surface area contributed by atoms with Crippen molar-refractivity contribution in [1.29, 1.82) is 0 Å². The fourth-order valence-electron chi connectivity index (χ4n) is 3.47. The molecule has 0 aromatic heterocycles. The van der Waals surface area contributed by atoms with Gasteiger partial charge in [-0.05, 0) is 24.3 Å². The van der Waals surface area contributed by atoms with Gasteiger partial charge in [-0.15, -0.1) is 0 Å². The fraction of sp³-hybridized carbons (Fsp3) is 0.286. The minimum atomic E-state index is -0.540. The molecule has 0 saturated carbocycles. The number of hydrogen-bond donors (Lipinski definition) is 1. The number of carbonyl (C=O) groups is 3. The Kier molecular flexibility index (Phi) is 5.07. The predicted molar refractivity (Wildman–Crippen MR) is 104 cm³/mol. The SMILES string of the molecule is COC(=O)c1ccccc1N1CC(C(=O)Nc2ccc3c(c2)OCCO3)CC1=O. The molecule has 4 rings (SSSR count). The Labute approximate surface area is 167 Å². The lowest BCUT2D eigenvalue weighted by atomic mass is 10.1. The lowest BCUT2D eigenvalue weighted by Gasteiger charge is -2.20. The second-order valence-corrected chi connectivity index (χ2v) is 6.76. The van der Waals surface area contributed by atoms with Crippen LogP contribution in [0.25, 0.3) is 0 Å². The highest BCUT2D eigenvalue weighted by molar-refractivity contribution is 6.07. The van der Waals surface area contributed by atoms with E-state index in [4.69, 9.17) is 14.2 Å². The van der Waals surface area contributed by atoms with Crippen LogP contribution in [0.2, 0.25) is 0 Å². The van der Waals surface area contributed by atoms with Gasteiger partial charge in [0.2, 0.25) is 11.8 Å². The van der Waals surface area contributed by atoms with Gasteiger partial charge in [0.15, 0.2) is 11.5 Å². The van der Waals surface area contributed by atoms with Gasteiger partial charge >= 0.3 is 5.97 Å². The standard InChI is InChI=1S/C21H20N2O6/c1-27-21(26)15-4-2-3-5-16(15)23-12-13(10-19(23)24)20(25)22-14-6-7-17-18(11-14)29-9-8-28-17/h2-7,11,13H,8-10,12H2,1H3,(H,22,25). The van der Waals surface area contributed by atoms with E-state index in [2.05, 4.69) is 5.32 Å². The molecule has 150 valence electrons. The lowest BCUT2D eigenvalue weighted by Crippen LogP contribution is -2.29. The number of nitrogens with one attached hydrogen (secondary N) is 1. The van der Waals surface area contributed by atoms with Crippen molar-refractivity contribution in [1.82, 2.24) is 0 Å². The predicted octanol–water partition coefficient (Wildman–Crippen LogP) is 2.24. The van der Waals surface area contributed by atoms with Gasteiger partial charge in [0.25, 0.3) is 0 Å². The lowest BCUT2D eigenvalue weighted by molar-refractivity contribution is -0.122. The first kappa shape index (κ1) is 18.8. The molecular weight excluding hydrogens is 376 g/mol. The summed E-state index contributed by atoms with van der Waals surface area (Å²) in [6, 6.07) is 11.9. The number of benzene rings is 2. The van der Waals surface area contributed by atoms with Crippen LogP contribution >= 0.6 is 0 Å². The van der Waals surface area contributed by atoms with Crippen molar-refractivity contribution >= 4 is 29.2 Å². The monoisotopic (exact) mass is 396 g/mol. The topological polar surface area (TPSA) is 94.2 Å². The molecule has 0 bridgehead atoms. The van der Waals surface area contributed by atoms with Crippen LogP contribution in [0.15, 0.2) is 42.5 Å². The number of esters is 1. The van der Waals surface area contributed by atoms with Crippen molar-refractivity contribution in [2.75, 3.05) is 37.1 Å². The number of para-hydroxylation sites is 1. The Bertz CT molecular complexity index is 973. The molecule has 8 nitrogen and oxygen atoms in total. The van der Waals surface area contributed by atoms with Gasteiger partial charge in [0.1, 0.15) is 13.2 Å². The Morgan fingerprint density at radius 3 is 2.66 bits per heavy atom. The van der Waals surface area contributed by atoms with Crippen LogP contribution in [-0.2, 0) is 14.3 Å². The summed E-state index contributed by atoms with van der Waals surface area (Å²) < 4.78 is 15.8. The minimum Gasteiger partial charge on any atom is -0.486 e. The van der Waals surface area contributed by atoms with Crippen LogP contribution in [0.5, 0.6) is 11.5 Å². The number of anilines is 2. The van der Waals surface area contributed by atoms with Gasteiger partial charge in [-0.3, -0.25) is 9.59 Å². The number of ether oxygens (including phenoxy) is 3. The summed E-state index contributed by atoms with van der Waals surface area (Å²) in [4.78, 5) is 38.7. The highest BCUT2D eigenvalue weighted by Gasteiger charge is 2.36. The van der Waals surface area contributed by atoms with E-state index < -0.39 is 11.9 Å². The van der Waals surface area contributed by atoms with Crippen molar-refractivity contribution in [3.8, 4) is 11.5 Å².